The van der Waals surface area contributed by atoms with Crippen LogP contribution in [0.3, 0.4) is 0 Å². The Bertz CT molecular complexity index is 1130. The number of carbonyl (C=O) groups is 1. The molecule has 0 bridgehead atoms. The Morgan fingerprint density at radius 1 is 1.25 bits per heavy atom. The summed E-state index contributed by atoms with van der Waals surface area (Å²) < 4.78 is 16.4. The van der Waals surface area contributed by atoms with Crippen molar-refractivity contribution in [2.75, 3.05) is 0 Å². The van der Waals surface area contributed by atoms with Gasteiger partial charge in [-0.1, -0.05) is 0 Å². The minimum absolute atomic E-state index is 0.281. The van der Waals surface area contributed by atoms with Gasteiger partial charge in [0.25, 0.3) is 11.7 Å². The van der Waals surface area contributed by atoms with Crippen molar-refractivity contribution in [3.8, 4) is 11.3 Å². The molecule has 0 aliphatic heterocycles. The molecule has 3 aromatic heterocycles. The zero-order valence-electron chi connectivity index (χ0n) is 15.4. The van der Waals surface area contributed by atoms with Gasteiger partial charge in [-0.05, 0) is 50.2 Å². The van der Waals surface area contributed by atoms with Gasteiger partial charge in [-0.25, -0.2) is 9.37 Å². The Morgan fingerprint density at radius 2 is 2.04 bits per heavy atom. The molecule has 1 amide bonds. The first-order chi connectivity index (χ1) is 13.5. The predicted molar refractivity (Wildman–Crippen MR) is 100.0 cm³/mol. The van der Waals surface area contributed by atoms with Crippen LogP contribution in [0, 0.1) is 5.82 Å². The van der Waals surface area contributed by atoms with E-state index in [0.717, 1.165) is 12.2 Å². The number of nitrogens with zero attached hydrogens (tertiary/aromatic N) is 6. The molecule has 0 aliphatic rings. The molecule has 0 unspecified atom stereocenters. The summed E-state index contributed by atoms with van der Waals surface area (Å²) >= 11 is 0. The fraction of sp³-hybridized carbons (Fsp3) is 0.211. The Labute approximate surface area is 160 Å². The number of hydrogen-bond acceptors (Lipinski definition) is 5. The van der Waals surface area contributed by atoms with Gasteiger partial charge in [0, 0.05) is 18.3 Å². The molecule has 3 heterocycles. The standard InChI is InChI=1S/C19H18FN7O/c1-3-26-9-8-15(25-26)12(2)23-18(28)17-10-16(13-4-6-14(20)7-5-13)24-19-21-11-22-27(17)19/h4-12H,3H2,1-2H3,(H,23,28)/t12-/m0/s1. The van der Waals surface area contributed by atoms with Gasteiger partial charge in [-0.2, -0.15) is 19.7 Å². The molecule has 0 spiro atoms. The summed E-state index contributed by atoms with van der Waals surface area (Å²) in [5.74, 6) is -0.389. The second-order valence-electron chi connectivity index (χ2n) is 6.30. The summed E-state index contributed by atoms with van der Waals surface area (Å²) in [5, 5.41) is 11.4. The molecule has 8 nitrogen and oxygen atoms in total. The van der Waals surface area contributed by atoms with Gasteiger partial charge in [0.15, 0.2) is 0 Å². The molecule has 0 aliphatic carbocycles. The Balaban J connectivity index is 1.67. The van der Waals surface area contributed by atoms with E-state index in [1.807, 2.05) is 26.1 Å². The summed E-state index contributed by atoms with van der Waals surface area (Å²) in [6, 6.07) is 9.09. The average molecular weight is 379 g/mol. The number of rotatable bonds is 5. The van der Waals surface area contributed by atoms with E-state index in [1.54, 1.807) is 22.9 Å². The van der Waals surface area contributed by atoms with E-state index in [9.17, 15) is 9.18 Å². The largest absolute Gasteiger partial charge is 0.343 e. The van der Waals surface area contributed by atoms with Crippen LogP contribution in [-0.2, 0) is 6.54 Å². The van der Waals surface area contributed by atoms with Crippen LogP contribution in [0.2, 0.25) is 0 Å². The summed E-state index contributed by atoms with van der Waals surface area (Å²) in [7, 11) is 0. The third-order valence-electron chi connectivity index (χ3n) is 4.40. The fourth-order valence-electron chi connectivity index (χ4n) is 2.87. The Kier molecular flexibility index (Phi) is 4.56. The lowest BCUT2D eigenvalue weighted by atomic mass is 10.1. The molecule has 4 rings (SSSR count). The molecule has 1 atom stereocenters. The average Bonchev–Trinajstić information content (AvgIpc) is 3.37. The van der Waals surface area contributed by atoms with Crippen LogP contribution in [0.5, 0.6) is 0 Å². The highest BCUT2D eigenvalue weighted by atomic mass is 19.1. The molecule has 9 heteroatoms. The molecule has 0 radical (unpaired) electrons. The highest BCUT2D eigenvalue weighted by molar-refractivity contribution is 5.94. The summed E-state index contributed by atoms with van der Waals surface area (Å²) in [4.78, 5) is 21.4. The Hall–Kier alpha value is -3.62. The molecule has 4 aromatic rings. The van der Waals surface area contributed by atoms with E-state index in [0.29, 0.717) is 11.3 Å². The van der Waals surface area contributed by atoms with E-state index in [-0.39, 0.29) is 29.2 Å². The maximum absolute atomic E-state index is 13.2. The molecule has 1 N–H and O–H groups in total. The van der Waals surface area contributed by atoms with E-state index in [2.05, 4.69) is 25.5 Å². The fourth-order valence-corrected chi connectivity index (χ4v) is 2.87. The highest BCUT2D eigenvalue weighted by Crippen LogP contribution is 2.20. The molecule has 0 saturated carbocycles. The van der Waals surface area contributed by atoms with Crippen molar-refractivity contribution in [1.82, 2.24) is 34.7 Å². The van der Waals surface area contributed by atoms with Crippen LogP contribution < -0.4 is 5.32 Å². The second-order valence-corrected chi connectivity index (χ2v) is 6.30. The maximum Gasteiger partial charge on any atom is 0.270 e. The van der Waals surface area contributed by atoms with Crippen molar-refractivity contribution in [1.29, 1.82) is 0 Å². The van der Waals surface area contributed by atoms with Crippen molar-refractivity contribution in [2.24, 2.45) is 0 Å². The third kappa shape index (κ3) is 3.34. The number of aryl methyl sites for hydroxylation is 1. The third-order valence-corrected chi connectivity index (χ3v) is 4.40. The van der Waals surface area contributed by atoms with Gasteiger partial charge in [0.05, 0.1) is 17.4 Å². The zero-order chi connectivity index (χ0) is 19.7. The van der Waals surface area contributed by atoms with Gasteiger partial charge in [0.1, 0.15) is 17.8 Å². The van der Waals surface area contributed by atoms with Crippen molar-refractivity contribution >= 4 is 11.7 Å². The van der Waals surface area contributed by atoms with E-state index >= 15 is 0 Å². The van der Waals surface area contributed by atoms with Crippen molar-refractivity contribution in [2.45, 2.75) is 26.4 Å². The highest BCUT2D eigenvalue weighted by Gasteiger charge is 2.19. The number of hydrogen-bond donors (Lipinski definition) is 1. The lowest BCUT2D eigenvalue weighted by Gasteiger charge is -2.13. The number of carbonyl (C=O) groups excluding carboxylic acids is 1. The molecule has 1 aromatic carbocycles. The minimum Gasteiger partial charge on any atom is -0.343 e. The van der Waals surface area contributed by atoms with Crippen molar-refractivity contribution in [3.63, 3.8) is 0 Å². The molecule has 0 fully saturated rings. The van der Waals surface area contributed by atoms with Crippen LogP contribution in [0.1, 0.15) is 36.1 Å². The quantitative estimate of drug-likeness (QED) is 0.576. The first kappa shape index (κ1) is 17.8. The van der Waals surface area contributed by atoms with E-state index in [1.165, 1.54) is 23.0 Å². The number of amides is 1. The molecule has 28 heavy (non-hydrogen) atoms. The number of aromatic nitrogens is 6. The van der Waals surface area contributed by atoms with Gasteiger partial charge < -0.3 is 5.32 Å². The summed E-state index contributed by atoms with van der Waals surface area (Å²) in [6.45, 7) is 4.61. The van der Waals surface area contributed by atoms with Crippen molar-refractivity contribution in [3.05, 3.63) is 66.1 Å². The monoisotopic (exact) mass is 379 g/mol. The lowest BCUT2D eigenvalue weighted by Crippen LogP contribution is -2.29. The smallest absolute Gasteiger partial charge is 0.270 e. The number of benzene rings is 1. The normalized spacial score (nSPS) is 12.2. The van der Waals surface area contributed by atoms with Crippen LogP contribution in [0.15, 0.2) is 48.9 Å². The summed E-state index contributed by atoms with van der Waals surface area (Å²) in [6.07, 6.45) is 3.20. The second kappa shape index (κ2) is 7.18. The maximum atomic E-state index is 13.2. The van der Waals surface area contributed by atoms with Gasteiger partial charge in [0.2, 0.25) is 0 Å². The predicted octanol–water partition coefficient (Wildman–Crippen LogP) is 2.64. The first-order valence-corrected chi connectivity index (χ1v) is 8.86. The molecular weight excluding hydrogens is 361 g/mol. The van der Waals surface area contributed by atoms with Crippen molar-refractivity contribution < 1.29 is 9.18 Å². The van der Waals surface area contributed by atoms with Crippen LogP contribution >= 0.6 is 0 Å². The molecule has 142 valence electrons. The number of nitrogens with one attached hydrogen (secondary N) is 1. The van der Waals surface area contributed by atoms with Crippen LogP contribution in [-0.4, -0.2) is 35.3 Å². The zero-order valence-corrected chi connectivity index (χ0v) is 15.4. The van der Waals surface area contributed by atoms with E-state index in [4.69, 9.17) is 0 Å². The molecular formula is C19H18FN7O. The van der Waals surface area contributed by atoms with Gasteiger partial charge >= 0.3 is 0 Å². The van der Waals surface area contributed by atoms with Gasteiger partial charge in [-0.15, -0.1) is 0 Å². The number of halogens is 1. The summed E-state index contributed by atoms with van der Waals surface area (Å²) in [5.41, 5.74) is 2.23. The van der Waals surface area contributed by atoms with Crippen LogP contribution in [0.25, 0.3) is 17.0 Å². The first-order valence-electron chi connectivity index (χ1n) is 8.86. The Morgan fingerprint density at radius 3 is 2.75 bits per heavy atom. The van der Waals surface area contributed by atoms with Crippen LogP contribution in [0.4, 0.5) is 4.39 Å². The number of fused-ring (bicyclic) bond motifs is 1. The topological polar surface area (TPSA) is 90.0 Å². The minimum atomic E-state index is -0.342. The van der Waals surface area contributed by atoms with Gasteiger partial charge in [-0.3, -0.25) is 9.48 Å². The lowest BCUT2D eigenvalue weighted by molar-refractivity contribution is 0.0931. The molecule has 0 saturated heterocycles. The SMILES string of the molecule is CCn1ccc([C@H](C)NC(=O)c2cc(-c3ccc(F)cc3)nc3ncnn23)n1. The van der Waals surface area contributed by atoms with E-state index < -0.39 is 0 Å².